The molecule has 0 aliphatic carbocycles. The molecule has 1 aromatic rings. The van der Waals surface area contributed by atoms with Crippen LogP contribution in [0.1, 0.15) is 51.2 Å². The first kappa shape index (κ1) is 15.5. The lowest BCUT2D eigenvalue weighted by atomic mass is 9.86. The highest BCUT2D eigenvalue weighted by Crippen LogP contribution is 2.30. The molecule has 2 N–H and O–H groups in total. The van der Waals surface area contributed by atoms with E-state index in [0.717, 1.165) is 24.0 Å². The Bertz CT molecular complexity index is 413. The average molecular weight is 272 g/mol. The molecule has 0 saturated carbocycles. The summed E-state index contributed by atoms with van der Waals surface area (Å²) in [6, 6.07) is 3.56. The van der Waals surface area contributed by atoms with Crippen molar-refractivity contribution >= 4 is 11.6 Å². The number of benzene rings is 1. The fourth-order valence-corrected chi connectivity index (χ4v) is 2.15. The van der Waals surface area contributed by atoms with Crippen LogP contribution in [0.4, 0.5) is 4.39 Å². The Labute approximate surface area is 115 Å². The summed E-state index contributed by atoms with van der Waals surface area (Å²) < 4.78 is 13.7. The van der Waals surface area contributed by atoms with Gasteiger partial charge in [0.15, 0.2) is 0 Å². The Balaban J connectivity index is 2.91. The summed E-state index contributed by atoms with van der Waals surface area (Å²) in [7, 11) is 0. The number of halogens is 2. The van der Waals surface area contributed by atoms with Crippen molar-refractivity contribution in [2.24, 2.45) is 11.1 Å². The lowest BCUT2D eigenvalue weighted by Gasteiger charge is -2.22. The number of hydrogen-bond donors (Lipinski definition) is 1. The van der Waals surface area contributed by atoms with Crippen molar-refractivity contribution < 1.29 is 4.39 Å². The minimum atomic E-state index is -0.316. The molecule has 0 spiro atoms. The molecule has 0 unspecified atom stereocenters. The topological polar surface area (TPSA) is 26.0 Å². The molecule has 102 valence electrons. The molecule has 0 radical (unpaired) electrons. The fraction of sp³-hybridized carbons (Fsp3) is 0.600. The smallest absolute Gasteiger partial charge is 0.142 e. The Morgan fingerprint density at radius 2 is 1.94 bits per heavy atom. The van der Waals surface area contributed by atoms with Crippen LogP contribution in [0.2, 0.25) is 5.02 Å². The highest BCUT2D eigenvalue weighted by atomic mass is 35.5. The summed E-state index contributed by atoms with van der Waals surface area (Å²) in [6.45, 7) is 8.94. The molecule has 0 heterocycles. The zero-order chi connectivity index (χ0) is 13.9. The van der Waals surface area contributed by atoms with Gasteiger partial charge >= 0.3 is 0 Å². The Morgan fingerprint density at radius 1 is 1.33 bits per heavy atom. The van der Waals surface area contributed by atoms with Crippen LogP contribution in [0.3, 0.4) is 0 Å². The number of hydrogen-bond acceptors (Lipinski definition) is 1. The van der Waals surface area contributed by atoms with Crippen molar-refractivity contribution in [3.8, 4) is 0 Å². The standard InChI is InChI=1S/C15H23ClFN/c1-10(2)12-7-11(8-13(17)14(12)16)5-6-15(3,4)9-18/h7-8,10H,5-6,9,18H2,1-4H3. The second-order valence-electron chi connectivity index (χ2n) is 6.00. The van der Waals surface area contributed by atoms with Crippen LogP contribution in [0.15, 0.2) is 12.1 Å². The molecule has 3 heteroatoms. The van der Waals surface area contributed by atoms with Crippen molar-refractivity contribution in [2.45, 2.75) is 46.5 Å². The summed E-state index contributed by atoms with van der Waals surface area (Å²) in [6.07, 6.45) is 1.78. The molecular weight excluding hydrogens is 249 g/mol. The number of aryl methyl sites for hydroxylation is 1. The Hall–Kier alpha value is -0.600. The van der Waals surface area contributed by atoms with Gasteiger partial charge in [0.25, 0.3) is 0 Å². The van der Waals surface area contributed by atoms with Gasteiger partial charge in [-0.25, -0.2) is 4.39 Å². The molecule has 1 rings (SSSR count). The molecule has 0 aliphatic heterocycles. The van der Waals surface area contributed by atoms with Crippen LogP contribution in [0.25, 0.3) is 0 Å². The van der Waals surface area contributed by atoms with Crippen molar-refractivity contribution in [3.05, 3.63) is 34.1 Å². The van der Waals surface area contributed by atoms with Crippen LogP contribution in [0.5, 0.6) is 0 Å². The molecule has 1 nitrogen and oxygen atoms in total. The zero-order valence-electron chi connectivity index (χ0n) is 11.7. The minimum absolute atomic E-state index is 0.0914. The van der Waals surface area contributed by atoms with Gasteiger partial charge in [-0.15, -0.1) is 0 Å². The summed E-state index contributed by atoms with van der Waals surface area (Å²) in [4.78, 5) is 0. The Morgan fingerprint density at radius 3 is 2.44 bits per heavy atom. The third-order valence-corrected chi connectivity index (χ3v) is 3.78. The SMILES string of the molecule is CC(C)c1cc(CCC(C)(C)CN)cc(F)c1Cl. The van der Waals surface area contributed by atoms with E-state index in [9.17, 15) is 4.39 Å². The van der Waals surface area contributed by atoms with Gasteiger partial charge in [-0.05, 0) is 47.9 Å². The second-order valence-corrected chi connectivity index (χ2v) is 6.38. The van der Waals surface area contributed by atoms with Gasteiger partial charge in [-0.2, -0.15) is 0 Å². The maximum atomic E-state index is 13.7. The Kier molecular flexibility index (Phi) is 5.18. The van der Waals surface area contributed by atoms with E-state index in [4.69, 9.17) is 17.3 Å². The predicted octanol–water partition coefficient (Wildman–Crippen LogP) is 4.52. The van der Waals surface area contributed by atoms with E-state index in [1.807, 2.05) is 19.9 Å². The molecule has 0 bridgehead atoms. The summed E-state index contributed by atoms with van der Waals surface area (Å²) in [5, 5.41) is 0.256. The second kappa shape index (κ2) is 6.03. The highest BCUT2D eigenvalue weighted by molar-refractivity contribution is 6.31. The first-order chi connectivity index (χ1) is 8.26. The third-order valence-electron chi connectivity index (χ3n) is 3.38. The molecule has 0 amide bonds. The van der Waals surface area contributed by atoms with Crippen molar-refractivity contribution in [1.82, 2.24) is 0 Å². The van der Waals surface area contributed by atoms with Crippen molar-refractivity contribution in [1.29, 1.82) is 0 Å². The van der Waals surface area contributed by atoms with Gasteiger partial charge in [0.1, 0.15) is 5.82 Å². The van der Waals surface area contributed by atoms with E-state index in [0.29, 0.717) is 6.54 Å². The minimum Gasteiger partial charge on any atom is -0.330 e. The van der Waals surface area contributed by atoms with Crippen LogP contribution in [-0.2, 0) is 6.42 Å². The maximum Gasteiger partial charge on any atom is 0.142 e. The van der Waals surface area contributed by atoms with E-state index in [-0.39, 0.29) is 22.2 Å². The van der Waals surface area contributed by atoms with Gasteiger partial charge in [0, 0.05) is 0 Å². The fourth-order valence-electron chi connectivity index (χ4n) is 1.82. The summed E-state index contributed by atoms with van der Waals surface area (Å²) in [5.74, 6) is -0.0853. The van der Waals surface area contributed by atoms with Crippen molar-refractivity contribution in [3.63, 3.8) is 0 Å². The first-order valence-corrected chi connectivity index (χ1v) is 6.82. The normalized spacial score (nSPS) is 12.2. The molecule has 0 aromatic heterocycles. The predicted molar refractivity (Wildman–Crippen MR) is 76.7 cm³/mol. The third kappa shape index (κ3) is 3.96. The number of nitrogens with two attached hydrogens (primary N) is 1. The molecular formula is C15H23ClFN. The number of rotatable bonds is 5. The van der Waals surface area contributed by atoms with E-state index in [1.165, 1.54) is 0 Å². The lowest BCUT2D eigenvalue weighted by Crippen LogP contribution is -2.24. The quantitative estimate of drug-likeness (QED) is 0.837. The van der Waals surface area contributed by atoms with Crippen LogP contribution in [0, 0.1) is 11.2 Å². The first-order valence-electron chi connectivity index (χ1n) is 6.44. The van der Waals surface area contributed by atoms with Crippen LogP contribution >= 0.6 is 11.6 Å². The summed E-state index contributed by atoms with van der Waals surface area (Å²) >= 11 is 5.98. The maximum absolute atomic E-state index is 13.7. The van der Waals surface area contributed by atoms with Gasteiger partial charge in [0.2, 0.25) is 0 Å². The molecule has 0 aliphatic rings. The largest absolute Gasteiger partial charge is 0.330 e. The zero-order valence-corrected chi connectivity index (χ0v) is 12.4. The van der Waals surface area contributed by atoms with Gasteiger partial charge in [-0.1, -0.05) is 45.4 Å². The average Bonchev–Trinajstić information content (AvgIpc) is 2.30. The van der Waals surface area contributed by atoms with Gasteiger partial charge in [0.05, 0.1) is 5.02 Å². The van der Waals surface area contributed by atoms with Crippen LogP contribution < -0.4 is 5.73 Å². The molecule has 0 fully saturated rings. The lowest BCUT2D eigenvalue weighted by molar-refractivity contribution is 0.347. The van der Waals surface area contributed by atoms with Crippen LogP contribution in [-0.4, -0.2) is 6.54 Å². The van der Waals surface area contributed by atoms with E-state index >= 15 is 0 Å². The molecule has 18 heavy (non-hydrogen) atoms. The monoisotopic (exact) mass is 271 g/mol. The van der Waals surface area contributed by atoms with Gasteiger partial charge in [-0.3, -0.25) is 0 Å². The van der Waals surface area contributed by atoms with E-state index in [1.54, 1.807) is 6.07 Å². The van der Waals surface area contributed by atoms with Gasteiger partial charge < -0.3 is 5.73 Å². The van der Waals surface area contributed by atoms with E-state index in [2.05, 4.69) is 13.8 Å². The highest BCUT2D eigenvalue weighted by Gasteiger charge is 2.17. The molecule has 0 atom stereocenters. The molecule has 0 saturated heterocycles. The summed E-state index contributed by atoms with van der Waals surface area (Å²) in [5.41, 5.74) is 7.69. The van der Waals surface area contributed by atoms with E-state index < -0.39 is 0 Å². The molecule has 1 aromatic carbocycles. The van der Waals surface area contributed by atoms with Crippen molar-refractivity contribution in [2.75, 3.05) is 6.54 Å².